The highest BCUT2D eigenvalue weighted by molar-refractivity contribution is 6.30. The maximum Gasteiger partial charge on any atom is 0.181 e. The van der Waals surface area contributed by atoms with E-state index in [1.807, 2.05) is 30.3 Å². The molecule has 0 radical (unpaired) electrons. The van der Waals surface area contributed by atoms with Crippen LogP contribution < -0.4 is 5.32 Å². The Morgan fingerprint density at radius 2 is 1.91 bits per heavy atom. The van der Waals surface area contributed by atoms with Crippen LogP contribution in [0.5, 0.6) is 0 Å². The van der Waals surface area contributed by atoms with Gasteiger partial charge in [-0.15, -0.1) is 0 Å². The second-order valence-corrected chi connectivity index (χ2v) is 6.99. The van der Waals surface area contributed by atoms with Gasteiger partial charge in [0, 0.05) is 17.1 Å². The number of hydrogen-bond acceptors (Lipinski definition) is 2. The zero-order chi connectivity index (χ0) is 15.9. The first-order valence-electron chi connectivity index (χ1n) is 8.32. The molecule has 0 saturated carbocycles. The van der Waals surface area contributed by atoms with Crippen LogP contribution in [0.1, 0.15) is 35.2 Å². The lowest BCUT2D eigenvalue weighted by molar-refractivity contribution is 0.0947. The van der Waals surface area contributed by atoms with Crippen molar-refractivity contribution in [1.82, 2.24) is 10.3 Å². The van der Waals surface area contributed by atoms with Gasteiger partial charge in [0.1, 0.15) is 0 Å². The van der Waals surface area contributed by atoms with Crippen LogP contribution >= 0.6 is 11.6 Å². The molecule has 1 aromatic carbocycles. The number of nitrogens with one attached hydrogen (secondary N) is 1. The first-order chi connectivity index (χ1) is 11.2. The van der Waals surface area contributed by atoms with Crippen LogP contribution in [0.25, 0.3) is 0 Å². The molecule has 0 unspecified atom stereocenters. The van der Waals surface area contributed by atoms with Gasteiger partial charge in [-0.2, -0.15) is 0 Å². The molecule has 4 rings (SSSR count). The number of rotatable bonds is 1. The molecule has 1 aliphatic heterocycles. The molecule has 0 bridgehead atoms. The van der Waals surface area contributed by atoms with Gasteiger partial charge < -0.3 is 5.32 Å². The van der Waals surface area contributed by atoms with E-state index in [1.165, 1.54) is 0 Å². The van der Waals surface area contributed by atoms with Gasteiger partial charge in [0.05, 0.1) is 5.69 Å². The molecular formula is C19H20ClFN2. The zero-order valence-corrected chi connectivity index (χ0v) is 13.7. The monoisotopic (exact) mass is 330 g/mol. The van der Waals surface area contributed by atoms with Crippen LogP contribution in [0.2, 0.25) is 5.02 Å². The summed E-state index contributed by atoms with van der Waals surface area (Å²) in [5, 5.41) is 4.01. The topological polar surface area (TPSA) is 24.9 Å². The van der Waals surface area contributed by atoms with Gasteiger partial charge >= 0.3 is 0 Å². The smallest absolute Gasteiger partial charge is 0.181 e. The molecular weight excluding hydrogens is 311 g/mol. The van der Waals surface area contributed by atoms with Gasteiger partial charge in [0.2, 0.25) is 0 Å². The van der Waals surface area contributed by atoms with E-state index in [9.17, 15) is 0 Å². The summed E-state index contributed by atoms with van der Waals surface area (Å²) in [6, 6.07) is 9.54. The quantitative estimate of drug-likeness (QED) is 0.853. The van der Waals surface area contributed by atoms with Crippen LogP contribution in [0.4, 0.5) is 4.39 Å². The Balaban J connectivity index is 1.94. The van der Waals surface area contributed by atoms with Gasteiger partial charge in [-0.05, 0) is 73.7 Å². The molecule has 1 N–H and O–H groups in total. The lowest BCUT2D eigenvalue weighted by Crippen LogP contribution is -2.41. The normalized spacial score (nSPS) is 24.6. The van der Waals surface area contributed by atoms with Gasteiger partial charge in [0.25, 0.3) is 0 Å². The Morgan fingerprint density at radius 3 is 2.74 bits per heavy atom. The highest BCUT2D eigenvalue weighted by Gasteiger charge is 2.47. The van der Waals surface area contributed by atoms with Crippen LogP contribution in [0.15, 0.2) is 36.5 Å². The summed E-state index contributed by atoms with van der Waals surface area (Å²) < 4.78 is 16.7. The average molecular weight is 331 g/mol. The number of nitrogens with zero attached hydrogens (tertiary/aromatic N) is 1. The van der Waals surface area contributed by atoms with Gasteiger partial charge in [-0.25, -0.2) is 4.39 Å². The number of piperidine rings is 1. The molecule has 1 aromatic heterocycles. The van der Waals surface area contributed by atoms with Crippen molar-refractivity contribution in [2.75, 3.05) is 13.1 Å². The molecule has 4 heteroatoms. The van der Waals surface area contributed by atoms with Crippen LogP contribution in [-0.4, -0.2) is 18.1 Å². The second-order valence-electron chi connectivity index (χ2n) is 6.55. The van der Waals surface area contributed by atoms with Crippen LogP contribution in [0, 0.1) is 5.92 Å². The van der Waals surface area contributed by atoms with Crippen molar-refractivity contribution in [3.05, 3.63) is 63.9 Å². The number of halogens is 2. The number of fused-ring (bicyclic) bond motifs is 2. The van der Waals surface area contributed by atoms with Crippen molar-refractivity contribution >= 4 is 11.6 Å². The summed E-state index contributed by atoms with van der Waals surface area (Å²) in [6.07, 6.45) is 5.00. The largest absolute Gasteiger partial charge is 0.317 e. The van der Waals surface area contributed by atoms with Crippen molar-refractivity contribution in [2.45, 2.75) is 31.4 Å². The molecule has 2 aliphatic rings. The summed E-state index contributed by atoms with van der Waals surface area (Å²) in [7, 11) is 0. The third-order valence-electron chi connectivity index (χ3n) is 5.26. The first kappa shape index (κ1) is 15.1. The fourth-order valence-corrected chi connectivity index (χ4v) is 4.32. The van der Waals surface area contributed by atoms with Crippen LogP contribution in [0.3, 0.4) is 0 Å². The Morgan fingerprint density at radius 1 is 1.13 bits per heavy atom. The van der Waals surface area contributed by atoms with E-state index in [4.69, 9.17) is 11.6 Å². The molecule has 120 valence electrons. The average Bonchev–Trinajstić information content (AvgIpc) is 2.72. The molecule has 2 aromatic rings. The van der Waals surface area contributed by atoms with Gasteiger partial charge in [-0.3, -0.25) is 4.98 Å². The molecule has 1 fully saturated rings. The molecule has 2 nitrogen and oxygen atoms in total. The standard InChI is InChI=1S/C19H20ClFN2/c20-16-5-6-17-14(12-16)4-3-13-2-1-9-23-18(13)19(17,21)15-7-10-22-11-8-15/h1-2,5-6,9,12,15,22H,3-4,7-8,10-11H2/t19-/m0/s1. The highest BCUT2D eigenvalue weighted by atomic mass is 35.5. The van der Waals surface area contributed by atoms with E-state index >= 15 is 4.39 Å². The summed E-state index contributed by atoms with van der Waals surface area (Å²) >= 11 is 6.17. The lowest BCUT2D eigenvalue weighted by Gasteiger charge is -2.37. The Hall–Kier alpha value is -1.45. The number of alkyl halides is 1. The number of hydrogen-bond donors (Lipinski definition) is 1. The predicted octanol–water partition coefficient (Wildman–Crippen LogP) is 4.05. The maximum atomic E-state index is 16.7. The first-order valence-corrected chi connectivity index (χ1v) is 8.70. The van der Waals surface area contributed by atoms with Crippen molar-refractivity contribution in [1.29, 1.82) is 0 Å². The van der Waals surface area contributed by atoms with Crippen molar-refractivity contribution in [3.63, 3.8) is 0 Å². The third-order valence-corrected chi connectivity index (χ3v) is 5.50. The molecule has 1 saturated heterocycles. The number of aromatic nitrogens is 1. The van der Waals surface area contributed by atoms with E-state index in [1.54, 1.807) is 6.20 Å². The Bertz CT molecular complexity index is 727. The maximum absolute atomic E-state index is 16.7. The molecule has 1 aliphatic carbocycles. The van der Waals surface area contributed by atoms with Gasteiger partial charge in [0.15, 0.2) is 5.67 Å². The number of pyridine rings is 1. The van der Waals surface area contributed by atoms with E-state index in [0.29, 0.717) is 10.7 Å². The zero-order valence-electron chi connectivity index (χ0n) is 13.0. The minimum Gasteiger partial charge on any atom is -0.317 e. The minimum absolute atomic E-state index is 0.0459. The third kappa shape index (κ3) is 2.47. The van der Waals surface area contributed by atoms with Crippen molar-refractivity contribution in [2.24, 2.45) is 5.92 Å². The highest BCUT2D eigenvalue weighted by Crippen LogP contribution is 2.48. The van der Waals surface area contributed by atoms with E-state index in [2.05, 4.69) is 10.3 Å². The summed E-state index contributed by atoms with van der Waals surface area (Å²) in [5.41, 5.74) is 1.92. The number of benzene rings is 1. The summed E-state index contributed by atoms with van der Waals surface area (Å²) in [4.78, 5) is 4.50. The fraction of sp³-hybridized carbons (Fsp3) is 0.421. The summed E-state index contributed by atoms with van der Waals surface area (Å²) in [6.45, 7) is 1.73. The number of aryl methyl sites for hydroxylation is 2. The Labute approximate surface area is 141 Å². The second kappa shape index (κ2) is 5.88. The minimum atomic E-state index is -1.52. The van der Waals surface area contributed by atoms with Gasteiger partial charge in [-0.1, -0.05) is 23.7 Å². The van der Waals surface area contributed by atoms with E-state index < -0.39 is 5.67 Å². The van der Waals surface area contributed by atoms with Crippen molar-refractivity contribution in [3.8, 4) is 0 Å². The predicted molar refractivity (Wildman–Crippen MR) is 90.6 cm³/mol. The Kier molecular flexibility index (Phi) is 3.86. The SMILES string of the molecule is F[C@@]1(C2CCNCC2)c2ccc(Cl)cc2CCc2cccnc21. The van der Waals surface area contributed by atoms with Crippen molar-refractivity contribution < 1.29 is 4.39 Å². The lowest BCUT2D eigenvalue weighted by atomic mass is 9.74. The van der Waals surface area contributed by atoms with Crippen LogP contribution in [-0.2, 0) is 18.5 Å². The molecule has 1 atom stereocenters. The summed E-state index contributed by atoms with van der Waals surface area (Å²) in [5.74, 6) is -0.0459. The fourth-order valence-electron chi connectivity index (χ4n) is 4.12. The molecule has 2 heterocycles. The molecule has 23 heavy (non-hydrogen) atoms. The molecule has 0 amide bonds. The molecule has 0 spiro atoms. The van der Waals surface area contributed by atoms with E-state index in [0.717, 1.165) is 55.5 Å². The van der Waals surface area contributed by atoms with E-state index in [-0.39, 0.29) is 5.92 Å².